The van der Waals surface area contributed by atoms with Crippen molar-refractivity contribution >= 4 is 11.8 Å². The molecule has 7 nitrogen and oxygen atoms in total. The summed E-state index contributed by atoms with van der Waals surface area (Å²) >= 11 is 0. The molecule has 150 valence electrons. The van der Waals surface area contributed by atoms with Gasteiger partial charge in [-0.15, -0.1) is 0 Å². The molecule has 0 bridgehead atoms. The number of ketones is 1. The largest absolute Gasteiger partial charge is 0.550 e. The Kier molecular flexibility index (Phi) is 7.26. The molecule has 0 aliphatic carbocycles. The van der Waals surface area contributed by atoms with Crippen LogP contribution in [-0.4, -0.2) is 40.2 Å². The molecule has 2 rings (SSSR count). The number of hydrogen-bond donors (Lipinski definition) is 0. The van der Waals surface area contributed by atoms with E-state index in [2.05, 4.69) is 0 Å². The number of Topliss-reactive ketones (excluding diaryl/α,β-unsaturated/α-hetero) is 1. The first-order valence-corrected chi connectivity index (χ1v) is 8.63. The molecule has 0 aromatic heterocycles. The molecule has 0 spiro atoms. The molecule has 0 unspecified atom stereocenters. The van der Waals surface area contributed by atoms with Gasteiger partial charge >= 0.3 is 0 Å². The summed E-state index contributed by atoms with van der Waals surface area (Å²) in [4.78, 5) is 24.2. The highest BCUT2D eigenvalue weighted by Gasteiger charge is 2.24. The third-order valence-corrected chi connectivity index (χ3v) is 4.43. The molecule has 0 fully saturated rings. The topological polar surface area (TPSA) is 94.1 Å². The quantitative estimate of drug-likeness (QED) is 0.577. The van der Waals surface area contributed by atoms with Gasteiger partial charge in [-0.25, -0.2) is 0 Å². The minimum absolute atomic E-state index is 0.0883. The maximum absolute atomic E-state index is 13.2. The second-order valence-electron chi connectivity index (χ2n) is 6.01. The number of hydrogen-bond acceptors (Lipinski definition) is 7. The van der Waals surface area contributed by atoms with Gasteiger partial charge in [-0.1, -0.05) is 6.07 Å². The minimum atomic E-state index is -1.22. The standard InChI is InChI=1S/C21H24O7/c1-25-16-8-5-13(11-18(16)27-3)15(7-10-20(22)23)21(24)14-6-9-17(26-2)19(12-14)28-4/h5-6,8-9,11-12,15H,7,10H2,1-4H3,(H,22,23)/p-1/t15-/m1/s1. The van der Waals surface area contributed by atoms with Crippen LogP contribution in [0.2, 0.25) is 0 Å². The zero-order chi connectivity index (χ0) is 20.7. The second-order valence-corrected chi connectivity index (χ2v) is 6.01. The number of methoxy groups -OCH3 is 4. The van der Waals surface area contributed by atoms with Crippen LogP contribution in [0.1, 0.15) is 34.7 Å². The van der Waals surface area contributed by atoms with E-state index in [4.69, 9.17) is 18.9 Å². The van der Waals surface area contributed by atoms with E-state index >= 15 is 0 Å². The van der Waals surface area contributed by atoms with Gasteiger partial charge in [0.25, 0.3) is 0 Å². The van der Waals surface area contributed by atoms with Gasteiger partial charge in [-0.05, 0) is 48.7 Å². The number of aliphatic carboxylic acids is 1. The lowest BCUT2D eigenvalue weighted by Crippen LogP contribution is -2.24. The molecule has 28 heavy (non-hydrogen) atoms. The molecule has 0 aliphatic heterocycles. The monoisotopic (exact) mass is 387 g/mol. The highest BCUT2D eigenvalue weighted by Crippen LogP contribution is 2.35. The van der Waals surface area contributed by atoms with Crippen molar-refractivity contribution in [1.29, 1.82) is 0 Å². The van der Waals surface area contributed by atoms with Gasteiger partial charge in [0.15, 0.2) is 28.8 Å². The van der Waals surface area contributed by atoms with Crippen molar-refractivity contribution in [3.8, 4) is 23.0 Å². The molecular weight excluding hydrogens is 364 g/mol. The SMILES string of the molecule is COc1ccc(C(=O)[C@H](CCC(=O)[O-])c2ccc(OC)c(OC)c2)cc1OC. The Balaban J connectivity index is 2.45. The summed E-state index contributed by atoms with van der Waals surface area (Å²) in [6.45, 7) is 0. The highest BCUT2D eigenvalue weighted by molar-refractivity contribution is 6.01. The predicted octanol–water partition coefficient (Wildman–Crippen LogP) is 2.22. The molecule has 0 heterocycles. The molecule has 0 N–H and O–H groups in total. The van der Waals surface area contributed by atoms with Crippen molar-refractivity contribution in [2.75, 3.05) is 28.4 Å². The van der Waals surface area contributed by atoms with Crippen molar-refractivity contribution in [3.05, 3.63) is 47.5 Å². The number of carboxylic acid groups (broad SMARTS) is 1. The molecule has 0 aliphatic rings. The van der Waals surface area contributed by atoms with Crippen molar-refractivity contribution < 1.29 is 33.6 Å². The second kappa shape index (κ2) is 9.64. The van der Waals surface area contributed by atoms with Crippen LogP contribution < -0.4 is 24.1 Å². The fourth-order valence-corrected chi connectivity index (χ4v) is 2.97. The number of benzene rings is 2. The number of ether oxygens (including phenoxy) is 4. The Morgan fingerprint density at radius 2 is 1.36 bits per heavy atom. The Morgan fingerprint density at radius 3 is 1.89 bits per heavy atom. The lowest BCUT2D eigenvalue weighted by atomic mass is 9.86. The van der Waals surface area contributed by atoms with Gasteiger partial charge in [0, 0.05) is 17.5 Å². The highest BCUT2D eigenvalue weighted by atomic mass is 16.5. The maximum atomic E-state index is 13.2. The van der Waals surface area contributed by atoms with E-state index in [0.717, 1.165) is 0 Å². The van der Waals surface area contributed by atoms with Crippen LogP contribution in [0.5, 0.6) is 23.0 Å². The molecule has 0 radical (unpaired) electrons. The first-order chi connectivity index (χ1) is 13.4. The van der Waals surface area contributed by atoms with E-state index in [1.54, 1.807) is 36.4 Å². The van der Waals surface area contributed by atoms with Gasteiger partial charge in [0.1, 0.15) is 0 Å². The number of rotatable bonds is 10. The molecule has 0 saturated carbocycles. The van der Waals surface area contributed by atoms with E-state index in [9.17, 15) is 14.7 Å². The Morgan fingerprint density at radius 1 is 0.821 bits per heavy atom. The van der Waals surface area contributed by atoms with Gasteiger partial charge < -0.3 is 28.8 Å². The van der Waals surface area contributed by atoms with E-state index in [1.807, 2.05) is 0 Å². The summed E-state index contributed by atoms with van der Waals surface area (Å²) in [5, 5.41) is 11.0. The predicted molar refractivity (Wildman–Crippen MR) is 100 cm³/mol. The molecule has 0 saturated heterocycles. The summed E-state index contributed by atoms with van der Waals surface area (Å²) in [5.74, 6) is -0.270. The van der Waals surface area contributed by atoms with Crippen LogP contribution in [0.3, 0.4) is 0 Å². The molecule has 2 aromatic rings. The Labute approximate surface area is 163 Å². The van der Waals surface area contributed by atoms with E-state index < -0.39 is 11.9 Å². The average molecular weight is 387 g/mol. The summed E-state index contributed by atoms with van der Waals surface area (Å²) in [6.07, 6.45) is -0.164. The van der Waals surface area contributed by atoms with Crippen LogP contribution in [0.25, 0.3) is 0 Å². The summed E-state index contributed by atoms with van der Waals surface area (Å²) in [5.41, 5.74) is 1.01. The first kappa shape index (κ1) is 21.1. The molecule has 2 aromatic carbocycles. The van der Waals surface area contributed by atoms with Crippen LogP contribution in [-0.2, 0) is 4.79 Å². The van der Waals surface area contributed by atoms with Crippen LogP contribution in [0.15, 0.2) is 36.4 Å². The zero-order valence-corrected chi connectivity index (χ0v) is 16.3. The molecule has 1 atom stereocenters. The number of carbonyl (C=O) groups is 2. The van der Waals surface area contributed by atoms with Gasteiger partial charge in [-0.3, -0.25) is 4.79 Å². The fraction of sp³-hybridized carbons (Fsp3) is 0.333. The lowest BCUT2D eigenvalue weighted by molar-refractivity contribution is -0.305. The van der Waals surface area contributed by atoms with Crippen molar-refractivity contribution in [1.82, 2.24) is 0 Å². The van der Waals surface area contributed by atoms with E-state index in [-0.39, 0.29) is 18.6 Å². The van der Waals surface area contributed by atoms with E-state index in [0.29, 0.717) is 34.1 Å². The number of carbonyl (C=O) groups excluding carboxylic acids is 2. The maximum Gasteiger partial charge on any atom is 0.170 e. The zero-order valence-electron chi connectivity index (χ0n) is 16.3. The van der Waals surface area contributed by atoms with Crippen molar-refractivity contribution in [2.24, 2.45) is 0 Å². The van der Waals surface area contributed by atoms with Gasteiger partial charge in [0.2, 0.25) is 0 Å². The smallest absolute Gasteiger partial charge is 0.170 e. The summed E-state index contributed by atoms with van der Waals surface area (Å²) in [7, 11) is 5.99. The fourth-order valence-electron chi connectivity index (χ4n) is 2.97. The van der Waals surface area contributed by atoms with Gasteiger partial charge in [-0.2, -0.15) is 0 Å². The third-order valence-electron chi connectivity index (χ3n) is 4.43. The van der Waals surface area contributed by atoms with Crippen LogP contribution >= 0.6 is 0 Å². The molecular formula is C21H23O7-. The normalized spacial score (nSPS) is 11.4. The third kappa shape index (κ3) is 4.73. The summed E-state index contributed by atoms with van der Waals surface area (Å²) < 4.78 is 21.0. The van der Waals surface area contributed by atoms with Crippen molar-refractivity contribution in [2.45, 2.75) is 18.8 Å². The average Bonchev–Trinajstić information content (AvgIpc) is 2.72. The minimum Gasteiger partial charge on any atom is -0.550 e. The lowest BCUT2D eigenvalue weighted by Gasteiger charge is -2.19. The Bertz CT molecular complexity index is 845. The first-order valence-electron chi connectivity index (χ1n) is 8.63. The van der Waals surface area contributed by atoms with Gasteiger partial charge in [0.05, 0.1) is 28.4 Å². The van der Waals surface area contributed by atoms with Crippen molar-refractivity contribution in [3.63, 3.8) is 0 Å². The van der Waals surface area contributed by atoms with Crippen LogP contribution in [0, 0.1) is 0 Å². The van der Waals surface area contributed by atoms with E-state index in [1.165, 1.54) is 28.4 Å². The Hall–Kier alpha value is -3.22. The number of carboxylic acids is 1. The molecule has 0 amide bonds. The molecule has 7 heteroatoms. The summed E-state index contributed by atoms with van der Waals surface area (Å²) in [6, 6.07) is 9.92. The van der Waals surface area contributed by atoms with Crippen LogP contribution in [0.4, 0.5) is 0 Å².